The van der Waals surface area contributed by atoms with Gasteiger partial charge in [-0.15, -0.1) is 0 Å². The number of alkyl halides is 2. The number of hydrogen-bond acceptors (Lipinski definition) is 4. The summed E-state index contributed by atoms with van der Waals surface area (Å²) in [5.41, 5.74) is 1.72. The van der Waals surface area contributed by atoms with Crippen LogP contribution in [0.4, 0.5) is 14.6 Å². The summed E-state index contributed by atoms with van der Waals surface area (Å²) in [5, 5.41) is 11.7. The van der Waals surface area contributed by atoms with Crippen molar-refractivity contribution < 1.29 is 13.6 Å². The van der Waals surface area contributed by atoms with E-state index in [0.29, 0.717) is 28.6 Å². The lowest BCUT2D eigenvalue weighted by molar-refractivity contribution is 0.102. The van der Waals surface area contributed by atoms with Crippen LogP contribution >= 0.6 is 11.6 Å². The molecule has 5 rings (SSSR count). The maximum absolute atomic E-state index is 13.7. The van der Waals surface area contributed by atoms with Crippen molar-refractivity contribution in [2.24, 2.45) is 0 Å². The number of carbonyl (C=O) groups excluding carboxylic acids is 1. The number of hydrogen-bond donors (Lipinski definition) is 1. The Bertz CT molecular complexity index is 1460. The van der Waals surface area contributed by atoms with Gasteiger partial charge < -0.3 is 5.32 Å². The standard InChI is InChI=1S/C24H17ClF2N6O/c25-17-8-6-15(7-9-17)14-32-11-10-21(31-32)30-24(34)18-13-28-33-20(22(26)27)12-19(29-23(18)33)16-4-2-1-3-5-16/h1-13,22H,14H2,(H,30,31,34). The van der Waals surface area contributed by atoms with E-state index < -0.39 is 12.3 Å². The molecule has 5 aromatic rings. The maximum Gasteiger partial charge on any atom is 0.280 e. The van der Waals surface area contributed by atoms with Gasteiger partial charge >= 0.3 is 0 Å². The number of amides is 1. The minimum absolute atomic E-state index is 0.0368. The van der Waals surface area contributed by atoms with E-state index in [1.54, 1.807) is 53.3 Å². The van der Waals surface area contributed by atoms with E-state index >= 15 is 0 Å². The van der Waals surface area contributed by atoms with Crippen LogP contribution in [-0.2, 0) is 6.54 Å². The van der Waals surface area contributed by atoms with Gasteiger partial charge in [0.1, 0.15) is 11.3 Å². The summed E-state index contributed by atoms with van der Waals surface area (Å²) >= 11 is 5.91. The largest absolute Gasteiger partial charge is 0.305 e. The van der Waals surface area contributed by atoms with Crippen LogP contribution in [-0.4, -0.2) is 30.3 Å². The Labute approximate surface area is 197 Å². The zero-order valence-electron chi connectivity index (χ0n) is 17.6. The molecule has 1 amide bonds. The Hall–Kier alpha value is -4.11. The average Bonchev–Trinajstić information content (AvgIpc) is 3.47. The van der Waals surface area contributed by atoms with Gasteiger partial charge in [0.15, 0.2) is 11.5 Å². The fourth-order valence-corrected chi connectivity index (χ4v) is 3.66. The smallest absolute Gasteiger partial charge is 0.280 e. The number of fused-ring (bicyclic) bond motifs is 1. The highest BCUT2D eigenvalue weighted by Crippen LogP contribution is 2.27. The van der Waals surface area contributed by atoms with Crippen LogP contribution in [0.3, 0.4) is 0 Å². The van der Waals surface area contributed by atoms with Crippen molar-refractivity contribution in [1.82, 2.24) is 24.4 Å². The Kier molecular flexibility index (Phi) is 5.77. The molecule has 0 spiro atoms. The van der Waals surface area contributed by atoms with E-state index in [9.17, 15) is 13.6 Å². The number of carbonyl (C=O) groups is 1. The topological polar surface area (TPSA) is 77.1 Å². The lowest BCUT2D eigenvalue weighted by Gasteiger charge is -2.08. The summed E-state index contributed by atoms with van der Waals surface area (Å²) in [5.74, 6) is -0.240. The molecule has 0 aliphatic carbocycles. The molecule has 0 aliphatic rings. The van der Waals surface area contributed by atoms with Gasteiger partial charge in [0, 0.05) is 22.8 Å². The Morgan fingerprint density at radius 2 is 1.82 bits per heavy atom. The molecule has 0 atom stereocenters. The molecular formula is C24H17ClF2N6O. The van der Waals surface area contributed by atoms with Crippen LogP contribution in [0.1, 0.15) is 28.0 Å². The minimum Gasteiger partial charge on any atom is -0.305 e. The molecule has 0 radical (unpaired) electrons. The van der Waals surface area contributed by atoms with Gasteiger partial charge in [-0.25, -0.2) is 18.3 Å². The first kappa shape index (κ1) is 21.7. The van der Waals surface area contributed by atoms with Crippen LogP contribution in [0.5, 0.6) is 0 Å². The molecule has 0 fully saturated rings. The normalized spacial score (nSPS) is 11.3. The summed E-state index contributed by atoms with van der Waals surface area (Å²) in [6.45, 7) is 0.490. The number of nitrogens with one attached hydrogen (secondary N) is 1. The summed E-state index contributed by atoms with van der Waals surface area (Å²) in [6.07, 6.45) is 0.150. The molecule has 3 aromatic heterocycles. The van der Waals surface area contributed by atoms with Crippen molar-refractivity contribution in [2.75, 3.05) is 5.32 Å². The molecule has 0 bridgehead atoms. The number of rotatable bonds is 6. The highest BCUT2D eigenvalue weighted by Gasteiger charge is 2.22. The first-order valence-electron chi connectivity index (χ1n) is 10.3. The monoisotopic (exact) mass is 478 g/mol. The second kappa shape index (κ2) is 9.03. The molecule has 1 N–H and O–H groups in total. The third kappa shape index (κ3) is 4.38. The summed E-state index contributed by atoms with van der Waals surface area (Å²) in [4.78, 5) is 17.4. The molecule has 10 heteroatoms. The quantitative estimate of drug-likeness (QED) is 0.350. The molecule has 0 saturated heterocycles. The number of benzene rings is 2. The summed E-state index contributed by atoms with van der Waals surface area (Å²) in [7, 11) is 0. The third-order valence-corrected chi connectivity index (χ3v) is 5.43. The van der Waals surface area contributed by atoms with Gasteiger partial charge in [-0.3, -0.25) is 9.48 Å². The van der Waals surface area contributed by atoms with Gasteiger partial charge in [-0.2, -0.15) is 10.2 Å². The van der Waals surface area contributed by atoms with E-state index in [4.69, 9.17) is 11.6 Å². The van der Waals surface area contributed by atoms with Crippen molar-refractivity contribution in [3.8, 4) is 11.3 Å². The van der Waals surface area contributed by atoms with Crippen molar-refractivity contribution in [3.63, 3.8) is 0 Å². The molecule has 2 aromatic carbocycles. The maximum atomic E-state index is 13.7. The van der Waals surface area contributed by atoms with E-state index in [0.717, 1.165) is 10.1 Å². The minimum atomic E-state index is -2.80. The number of nitrogens with zero attached hydrogens (tertiary/aromatic N) is 5. The van der Waals surface area contributed by atoms with Crippen LogP contribution in [0.15, 0.2) is 79.1 Å². The summed E-state index contributed by atoms with van der Waals surface area (Å²) < 4.78 is 30.1. The predicted octanol–water partition coefficient (Wildman–Crippen LogP) is 5.48. The first-order valence-corrected chi connectivity index (χ1v) is 10.7. The van der Waals surface area contributed by atoms with Gasteiger partial charge in [0.2, 0.25) is 0 Å². The number of halogens is 3. The van der Waals surface area contributed by atoms with Crippen molar-refractivity contribution in [2.45, 2.75) is 13.0 Å². The number of aromatic nitrogens is 5. The molecule has 0 unspecified atom stereocenters. The zero-order valence-corrected chi connectivity index (χ0v) is 18.3. The fourth-order valence-electron chi connectivity index (χ4n) is 3.54. The average molecular weight is 479 g/mol. The molecule has 0 aliphatic heterocycles. The van der Waals surface area contributed by atoms with E-state index in [2.05, 4.69) is 20.5 Å². The molecule has 170 valence electrons. The molecule has 7 nitrogen and oxygen atoms in total. The third-order valence-electron chi connectivity index (χ3n) is 5.18. The number of anilines is 1. The van der Waals surface area contributed by atoms with Crippen molar-refractivity contribution in [1.29, 1.82) is 0 Å². The highest BCUT2D eigenvalue weighted by molar-refractivity contribution is 6.30. The predicted molar refractivity (Wildman–Crippen MR) is 124 cm³/mol. The van der Waals surface area contributed by atoms with Gasteiger partial charge in [0.05, 0.1) is 18.4 Å². The van der Waals surface area contributed by atoms with Crippen molar-refractivity contribution in [3.05, 3.63) is 101 Å². The van der Waals surface area contributed by atoms with E-state index in [1.165, 1.54) is 12.3 Å². The van der Waals surface area contributed by atoms with Crippen LogP contribution in [0.2, 0.25) is 5.02 Å². The Balaban J connectivity index is 1.43. The van der Waals surface area contributed by atoms with E-state index in [-0.39, 0.29) is 16.9 Å². The summed E-state index contributed by atoms with van der Waals surface area (Å²) in [6, 6.07) is 19.2. The highest BCUT2D eigenvalue weighted by atomic mass is 35.5. The fraction of sp³-hybridized carbons (Fsp3) is 0.0833. The first-order chi connectivity index (χ1) is 16.5. The second-order valence-corrected chi connectivity index (χ2v) is 7.94. The molecule has 3 heterocycles. The lowest BCUT2D eigenvalue weighted by atomic mass is 10.1. The molecular weight excluding hydrogens is 462 g/mol. The van der Waals surface area contributed by atoms with Gasteiger partial charge in [-0.05, 0) is 23.8 Å². The molecule has 34 heavy (non-hydrogen) atoms. The molecule has 0 saturated carbocycles. The lowest BCUT2D eigenvalue weighted by Crippen LogP contribution is -2.13. The zero-order chi connectivity index (χ0) is 23.7. The Morgan fingerprint density at radius 1 is 1.06 bits per heavy atom. The van der Waals surface area contributed by atoms with E-state index in [1.807, 2.05) is 18.2 Å². The Morgan fingerprint density at radius 3 is 2.56 bits per heavy atom. The van der Waals surface area contributed by atoms with Crippen molar-refractivity contribution >= 4 is 29.0 Å². The van der Waals surface area contributed by atoms with Crippen LogP contribution in [0.25, 0.3) is 16.9 Å². The SMILES string of the molecule is O=C(Nc1ccn(Cc2ccc(Cl)cc2)n1)c1cnn2c(C(F)F)cc(-c3ccccc3)nc12. The van der Waals surface area contributed by atoms with Gasteiger partial charge in [-0.1, -0.05) is 54.1 Å². The van der Waals surface area contributed by atoms with Crippen LogP contribution in [0, 0.1) is 0 Å². The second-order valence-electron chi connectivity index (χ2n) is 7.51. The van der Waals surface area contributed by atoms with Crippen LogP contribution < -0.4 is 5.32 Å². The van der Waals surface area contributed by atoms with Gasteiger partial charge in [0.25, 0.3) is 12.3 Å².